The molecule has 0 saturated carbocycles. The van der Waals surface area contributed by atoms with Gasteiger partial charge in [-0.1, -0.05) is 12.1 Å². The minimum absolute atomic E-state index is 0.0129. The molecule has 1 aromatic carbocycles. The van der Waals surface area contributed by atoms with E-state index in [1.54, 1.807) is 22.6 Å². The molecular formula is C24H28N4O4. The van der Waals surface area contributed by atoms with Gasteiger partial charge >= 0.3 is 5.97 Å². The maximum atomic E-state index is 13.2. The second kappa shape index (κ2) is 9.40. The lowest BCUT2D eigenvalue weighted by Gasteiger charge is -2.33. The van der Waals surface area contributed by atoms with Gasteiger partial charge in [0.2, 0.25) is 0 Å². The summed E-state index contributed by atoms with van der Waals surface area (Å²) < 4.78 is 7.44. The number of amides is 1. The predicted octanol–water partition coefficient (Wildman–Crippen LogP) is 3.13. The summed E-state index contributed by atoms with van der Waals surface area (Å²) in [4.78, 5) is 31.2. The number of nitrogens with one attached hydrogen (secondary N) is 1. The molecule has 0 unspecified atom stereocenters. The number of rotatable bonds is 7. The summed E-state index contributed by atoms with van der Waals surface area (Å²) in [6.45, 7) is 6.55. The van der Waals surface area contributed by atoms with Crippen molar-refractivity contribution >= 4 is 17.5 Å². The molecule has 0 spiro atoms. The van der Waals surface area contributed by atoms with Crippen LogP contribution in [-0.4, -0.2) is 57.0 Å². The van der Waals surface area contributed by atoms with E-state index in [-0.39, 0.29) is 11.9 Å². The number of carbonyl (C=O) groups is 2. The van der Waals surface area contributed by atoms with E-state index in [9.17, 15) is 14.7 Å². The molecule has 4 rings (SSSR count). The number of fused-ring (bicyclic) bond motifs is 1. The second-order valence-corrected chi connectivity index (χ2v) is 8.10. The van der Waals surface area contributed by atoms with Gasteiger partial charge in [-0.15, -0.1) is 0 Å². The second-order valence-electron chi connectivity index (χ2n) is 8.10. The lowest BCUT2D eigenvalue weighted by molar-refractivity contribution is 0.0696. The highest BCUT2D eigenvalue weighted by molar-refractivity contribution is 5.95. The molecule has 8 nitrogen and oxygen atoms in total. The number of hydrogen-bond donors (Lipinski definition) is 2. The number of hydrogen-bond acceptors (Lipinski definition) is 5. The number of carboxylic acid groups (broad SMARTS) is 1. The van der Waals surface area contributed by atoms with Crippen LogP contribution in [0.1, 0.15) is 51.9 Å². The SMILES string of the molecule is CCOc1cccn2c(C(=O)N[C@H]3CCCN(Cc4cccc(C(=O)O)c4)C3)c(C)nc12. The number of carbonyl (C=O) groups excluding carboxylic acids is 1. The molecule has 2 aromatic heterocycles. The van der Waals surface area contributed by atoms with Crippen molar-refractivity contribution < 1.29 is 19.4 Å². The minimum atomic E-state index is -0.925. The van der Waals surface area contributed by atoms with Crippen molar-refractivity contribution in [3.05, 3.63) is 65.1 Å². The molecule has 0 bridgehead atoms. The first kappa shape index (κ1) is 21.8. The molecule has 3 heterocycles. The fourth-order valence-electron chi connectivity index (χ4n) is 4.33. The van der Waals surface area contributed by atoms with E-state index in [2.05, 4.69) is 15.2 Å². The van der Waals surface area contributed by atoms with Crippen molar-refractivity contribution in [2.24, 2.45) is 0 Å². The molecule has 1 saturated heterocycles. The Balaban J connectivity index is 1.46. The van der Waals surface area contributed by atoms with Crippen molar-refractivity contribution in [1.29, 1.82) is 0 Å². The molecule has 1 amide bonds. The fourth-order valence-corrected chi connectivity index (χ4v) is 4.33. The van der Waals surface area contributed by atoms with E-state index >= 15 is 0 Å². The highest BCUT2D eigenvalue weighted by Crippen LogP contribution is 2.22. The van der Waals surface area contributed by atoms with Crippen LogP contribution in [0.15, 0.2) is 42.6 Å². The third kappa shape index (κ3) is 4.60. The van der Waals surface area contributed by atoms with Gasteiger partial charge in [-0.2, -0.15) is 0 Å². The van der Waals surface area contributed by atoms with Crippen LogP contribution in [0.5, 0.6) is 5.75 Å². The normalized spacial score (nSPS) is 16.8. The van der Waals surface area contributed by atoms with Crippen molar-refractivity contribution in [3.8, 4) is 5.75 Å². The molecule has 1 fully saturated rings. The summed E-state index contributed by atoms with van der Waals surface area (Å²) in [5, 5.41) is 12.4. The van der Waals surface area contributed by atoms with Gasteiger partial charge in [0.1, 0.15) is 5.69 Å². The highest BCUT2D eigenvalue weighted by Gasteiger charge is 2.25. The third-order valence-corrected chi connectivity index (χ3v) is 5.72. The van der Waals surface area contributed by atoms with Gasteiger partial charge in [0, 0.05) is 25.3 Å². The zero-order chi connectivity index (χ0) is 22.7. The molecule has 0 radical (unpaired) electrons. The van der Waals surface area contributed by atoms with Gasteiger partial charge in [0.25, 0.3) is 5.91 Å². The molecule has 0 aliphatic carbocycles. The Kier molecular flexibility index (Phi) is 6.41. The number of carboxylic acids is 1. The smallest absolute Gasteiger partial charge is 0.335 e. The van der Waals surface area contributed by atoms with Crippen LogP contribution in [-0.2, 0) is 6.54 Å². The number of aromatic nitrogens is 2. The van der Waals surface area contributed by atoms with E-state index in [0.29, 0.717) is 48.0 Å². The molecule has 32 heavy (non-hydrogen) atoms. The maximum absolute atomic E-state index is 13.2. The number of aromatic carboxylic acids is 1. The lowest BCUT2D eigenvalue weighted by atomic mass is 10.0. The number of likely N-dealkylation sites (tertiary alicyclic amines) is 1. The first-order valence-corrected chi connectivity index (χ1v) is 10.9. The average Bonchev–Trinajstić information content (AvgIpc) is 3.11. The summed E-state index contributed by atoms with van der Waals surface area (Å²) in [5.41, 5.74) is 3.07. The number of aryl methyl sites for hydroxylation is 1. The summed E-state index contributed by atoms with van der Waals surface area (Å²) in [5.74, 6) is -0.417. The fraction of sp³-hybridized carbons (Fsp3) is 0.375. The monoisotopic (exact) mass is 436 g/mol. The van der Waals surface area contributed by atoms with Crippen LogP contribution in [0.2, 0.25) is 0 Å². The van der Waals surface area contributed by atoms with Crippen molar-refractivity contribution in [2.75, 3.05) is 19.7 Å². The summed E-state index contributed by atoms with van der Waals surface area (Å²) >= 11 is 0. The van der Waals surface area contributed by atoms with Gasteiger partial charge in [-0.3, -0.25) is 14.1 Å². The highest BCUT2D eigenvalue weighted by atomic mass is 16.5. The number of imidazole rings is 1. The van der Waals surface area contributed by atoms with E-state index < -0.39 is 5.97 Å². The molecule has 168 valence electrons. The van der Waals surface area contributed by atoms with Crippen molar-refractivity contribution in [1.82, 2.24) is 19.6 Å². The standard InChI is InChI=1S/C24H28N4O4/c1-3-32-20-10-6-12-28-21(16(2)25-22(20)28)23(29)26-19-9-5-11-27(15-19)14-17-7-4-8-18(13-17)24(30)31/h4,6-8,10,12-13,19H,3,5,9,11,14-15H2,1-2H3,(H,26,29)(H,30,31)/t19-/m0/s1. The minimum Gasteiger partial charge on any atom is -0.490 e. The molecule has 1 aliphatic rings. The molecular weight excluding hydrogens is 408 g/mol. The zero-order valence-corrected chi connectivity index (χ0v) is 18.4. The van der Waals surface area contributed by atoms with Crippen LogP contribution >= 0.6 is 0 Å². The van der Waals surface area contributed by atoms with Gasteiger partial charge in [-0.05, 0) is 63.1 Å². The van der Waals surface area contributed by atoms with E-state index in [4.69, 9.17) is 4.74 Å². The van der Waals surface area contributed by atoms with E-state index in [1.165, 1.54) is 0 Å². The Morgan fingerprint density at radius 2 is 2.12 bits per heavy atom. The number of nitrogens with zero attached hydrogens (tertiary/aromatic N) is 3. The Hall–Kier alpha value is -3.39. The first-order valence-electron chi connectivity index (χ1n) is 10.9. The number of piperidine rings is 1. The Labute approximate surface area is 186 Å². The van der Waals surface area contributed by atoms with E-state index in [1.807, 2.05) is 38.2 Å². The number of ether oxygens (including phenoxy) is 1. The quantitative estimate of drug-likeness (QED) is 0.591. The Bertz CT molecular complexity index is 1140. The zero-order valence-electron chi connectivity index (χ0n) is 18.4. The third-order valence-electron chi connectivity index (χ3n) is 5.72. The molecule has 2 N–H and O–H groups in total. The van der Waals surface area contributed by atoms with Crippen LogP contribution in [0.3, 0.4) is 0 Å². The van der Waals surface area contributed by atoms with Crippen molar-refractivity contribution in [2.45, 2.75) is 39.3 Å². The summed E-state index contributed by atoms with van der Waals surface area (Å²) in [7, 11) is 0. The average molecular weight is 437 g/mol. The first-order chi connectivity index (χ1) is 15.5. The van der Waals surface area contributed by atoms with Crippen LogP contribution < -0.4 is 10.1 Å². The van der Waals surface area contributed by atoms with Gasteiger partial charge in [0.15, 0.2) is 11.4 Å². The Morgan fingerprint density at radius 3 is 2.91 bits per heavy atom. The Morgan fingerprint density at radius 1 is 1.28 bits per heavy atom. The van der Waals surface area contributed by atoms with Gasteiger partial charge < -0.3 is 15.2 Å². The maximum Gasteiger partial charge on any atom is 0.335 e. The number of pyridine rings is 1. The van der Waals surface area contributed by atoms with Crippen molar-refractivity contribution in [3.63, 3.8) is 0 Å². The van der Waals surface area contributed by atoms with Gasteiger partial charge in [-0.25, -0.2) is 9.78 Å². The predicted molar refractivity (Wildman–Crippen MR) is 120 cm³/mol. The molecule has 1 atom stereocenters. The lowest BCUT2D eigenvalue weighted by Crippen LogP contribution is -2.47. The molecule has 8 heteroatoms. The topological polar surface area (TPSA) is 96.2 Å². The number of benzene rings is 1. The molecule has 3 aromatic rings. The summed E-state index contributed by atoms with van der Waals surface area (Å²) in [6.07, 6.45) is 3.69. The van der Waals surface area contributed by atoms with Crippen LogP contribution in [0.25, 0.3) is 5.65 Å². The molecule has 1 aliphatic heterocycles. The van der Waals surface area contributed by atoms with Crippen LogP contribution in [0, 0.1) is 6.92 Å². The van der Waals surface area contributed by atoms with Crippen LogP contribution in [0.4, 0.5) is 0 Å². The van der Waals surface area contributed by atoms with E-state index in [0.717, 1.165) is 24.9 Å². The largest absolute Gasteiger partial charge is 0.490 e. The summed E-state index contributed by atoms with van der Waals surface area (Å²) in [6, 6.07) is 10.7. The van der Waals surface area contributed by atoms with Gasteiger partial charge in [0.05, 0.1) is 17.9 Å².